The maximum atomic E-state index is 6.31. The van der Waals surface area contributed by atoms with Gasteiger partial charge in [0.05, 0.1) is 6.10 Å². The molecule has 0 saturated heterocycles. The van der Waals surface area contributed by atoms with Crippen LogP contribution in [-0.2, 0) is 11.2 Å². The van der Waals surface area contributed by atoms with Crippen LogP contribution < -0.4 is 5.73 Å². The lowest BCUT2D eigenvalue weighted by atomic mass is 9.82. The lowest BCUT2D eigenvalue weighted by Crippen LogP contribution is -2.46. The van der Waals surface area contributed by atoms with E-state index in [1.807, 2.05) is 13.0 Å². The molecule has 0 aliphatic rings. The second-order valence-electron chi connectivity index (χ2n) is 5.85. The SMILES string of the molecule is CCOC(C(N)Cc1cc(Cl)ccc1Cl)C(C)(C)C. The topological polar surface area (TPSA) is 35.2 Å². The summed E-state index contributed by atoms with van der Waals surface area (Å²) in [6.07, 6.45) is 0.633. The van der Waals surface area contributed by atoms with E-state index in [4.69, 9.17) is 33.7 Å². The summed E-state index contributed by atoms with van der Waals surface area (Å²) in [6, 6.07) is 5.34. The number of nitrogens with two attached hydrogens (primary N) is 1. The number of halogens is 2. The summed E-state index contributed by atoms with van der Waals surface area (Å²) >= 11 is 12.2. The Bertz CT molecular complexity index is 415. The Balaban J connectivity index is 2.87. The lowest BCUT2D eigenvalue weighted by molar-refractivity contribution is -0.0274. The third-order valence-corrected chi connectivity index (χ3v) is 3.66. The molecular formula is C15H23Cl2NO. The average molecular weight is 304 g/mol. The van der Waals surface area contributed by atoms with E-state index < -0.39 is 0 Å². The Morgan fingerprint density at radius 2 is 1.89 bits per heavy atom. The van der Waals surface area contributed by atoms with Gasteiger partial charge in [0.2, 0.25) is 0 Å². The third-order valence-electron chi connectivity index (χ3n) is 3.05. The van der Waals surface area contributed by atoms with Crippen molar-refractivity contribution < 1.29 is 4.74 Å². The van der Waals surface area contributed by atoms with Gasteiger partial charge in [0.15, 0.2) is 0 Å². The zero-order valence-electron chi connectivity index (χ0n) is 12.0. The molecule has 0 saturated carbocycles. The first-order valence-electron chi connectivity index (χ1n) is 6.56. The van der Waals surface area contributed by atoms with Gasteiger partial charge in [-0.3, -0.25) is 0 Å². The summed E-state index contributed by atoms with van der Waals surface area (Å²) in [6.45, 7) is 9.03. The molecule has 2 nitrogen and oxygen atoms in total. The molecule has 4 heteroatoms. The molecule has 2 unspecified atom stereocenters. The summed E-state index contributed by atoms with van der Waals surface area (Å²) in [4.78, 5) is 0. The molecule has 0 amide bonds. The van der Waals surface area contributed by atoms with Gasteiger partial charge in [-0.1, -0.05) is 44.0 Å². The Kier molecular flexibility index (Phi) is 6.13. The Morgan fingerprint density at radius 1 is 1.26 bits per heavy atom. The van der Waals surface area contributed by atoms with Crippen molar-refractivity contribution in [3.05, 3.63) is 33.8 Å². The molecule has 1 aromatic carbocycles. The highest BCUT2D eigenvalue weighted by Gasteiger charge is 2.31. The van der Waals surface area contributed by atoms with Crippen LogP contribution in [0.25, 0.3) is 0 Å². The van der Waals surface area contributed by atoms with Gasteiger partial charge < -0.3 is 10.5 Å². The minimum Gasteiger partial charge on any atom is -0.376 e. The number of ether oxygens (including phenoxy) is 1. The maximum Gasteiger partial charge on any atom is 0.0777 e. The zero-order chi connectivity index (χ0) is 14.6. The van der Waals surface area contributed by atoms with Crippen LogP contribution in [0.3, 0.4) is 0 Å². The number of hydrogen-bond acceptors (Lipinski definition) is 2. The lowest BCUT2D eigenvalue weighted by Gasteiger charge is -2.35. The van der Waals surface area contributed by atoms with E-state index in [1.54, 1.807) is 12.1 Å². The van der Waals surface area contributed by atoms with Crippen molar-refractivity contribution in [2.24, 2.45) is 11.1 Å². The Morgan fingerprint density at radius 3 is 2.42 bits per heavy atom. The van der Waals surface area contributed by atoms with E-state index in [1.165, 1.54) is 0 Å². The molecule has 0 spiro atoms. The fourth-order valence-corrected chi connectivity index (χ4v) is 2.65. The molecule has 0 aliphatic carbocycles. The number of rotatable bonds is 5. The van der Waals surface area contributed by atoms with Gasteiger partial charge in [-0.15, -0.1) is 0 Å². The Hall–Kier alpha value is -0.280. The molecule has 2 atom stereocenters. The van der Waals surface area contributed by atoms with Crippen LogP contribution in [0.1, 0.15) is 33.3 Å². The fourth-order valence-electron chi connectivity index (χ4n) is 2.26. The third kappa shape index (κ3) is 4.96. The normalized spacial score (nSPS) is 15.3. The van der Waals surface area contributed by atoms with Crippen molar-refractivity contribution in [2.75, 3.05) is 6.61 Å². The summed E-state index contributed by atoms with van der Waals surface area (Å²) < 4.78 is 5.81. The van der Waals surface area contributed by atoms with Gasteiger partial charge in [0, 0.05) is 22.7 Å². The predicted molar refractivity (Wildman–Crippen MR) is 83.0 cm³/mol. The molecule has 0 radical (unpaired) electrons. The van der Waals surface area contributed by atoms with Gasteiger partial charge in [-0.05, 0) is 42.5 Å². The van der Waals surface area contributed by atoms with Gasteiger partial charge in [-0.25, -0.2) is 0 Å². The minimum atomic E-state index is -0.115. The minimum absolute atomic E-state index is 0.0134. The summed E-state index contributed by atoms with van der Waals surface area (Å²) in [7, 11) is 0. The molecular weight excluding hydrogens is 281 g/mol. The molecule has 2 N–H and O–H groups in total. The average Bonchev–Trinajstić information content (AvgIpc) is 2.29. The molecule has 0 fully saturated rings. The van der Waals surface area contributed by atoms with Crippen molar-refractivity contribution in [1.29, 1.82) is 0 Å². The van der Waals surface area contributed by atoms with Gasteiger partial charge in [0.1, 0.15) is 0 Å². The largest absolute Gasteiger partial charge is 0.376 e. The van der Waals surface area contributed by atoms with E-state index in [0.717, 1.165) is 5.56 Å². The highest BCUT2D eigenvalue weighted by atomic mass is 35.5. The van der Waals surface area contributed by atoms with Crippen LogP contribution >= 0.6 is 23.2 Å². The smallest absolute Gasteiger partial charge is 0.0777 e. The number of hydrogen-bond donors (Lipinski definition) is 1. The molecule has 0 aliphatic heterocycles. The predicted octanol–water partition coefficient (Wildman–Crippen LogP) is 4.31. The molecule has 0 heterocycles. The molecule has 0 bridgehead atoms. The van der Waals surface area contributed by atoms with Crippen LogP contribution in [0.2, 0.25) is 10.0 Å². The van der Waals surface area contributed by atoms with E-state index >= 15 is 0 Å². The first kappa shape index (κ1) is 16.8. The molecule has 0 aromatic heterocycles. The van der Waals surface area contributed by atoms with E-state index in [0.29, 0.717) is 23.1 Å². The highest BCUT2D eigenvalue weighted by Crippen LogP contribution is 2.28. The number of benzene rings is 1. The van der Waals surface area contributed by atoms with Gasteiger partial charge >= 0.3 is 0 Å². The Labute approximate surface area is 126 Å². The van der Waals surface area contributed by atoms with Crippen molar-refractivity contribution in [1.82, 2.24) is 0 Å². The molecule has 1 rings (SSSR count). The van der Waals surface area contributed by atoms with Crippen molar-refractivity contribution in [2.45, 2.75) is 46.3 Å². The van der Waals surface area contributed by atoms with E-state index in [-0.39, 0.29) is 17.6 Å². The van der Waals surface area contributed by atoms with Crippen LogP contribution in [0.15, 0.2) is 18.2 Å². The standard InChI is InChI=1S/C15H23Cl2NO/c1-5-19-14(15(2,3)4)13(18)9-10-8-11(16)6-7-12(10)17/h6-8,13-14H,5,9,18H2,1-4H3. The van der Waals surface area contributed by atoms with Crippen LogP contribution in [-0.4, -0.2) is 18.8 Å². The fraction of sp³-hybridized carbons (Fsp3) is 0.600. The quantitative estimate of drug-likeness (QED) is 0.879. The highest BCUT2D eigenvalue weighted by molar-refractivity contribution is 6.33. The molecule has 19 heavy (non-hydrogen) atoms. The summed E-state index contributed by atoms with van der Waals surface area (Å²) in [5.41, 5.74) is 7.27. The first-order valence-corrected chi connectivity index (χ1v) is 7.32. The van der Waals surface area contributed by atoms with Crippen molar-refractivity contribution >= 4 is 23.2 Å². The first-order chi connectivity index (χ1) is 8.75. The second-order valence-corrected chi connectivity index (χ2v) is 6.69. The van der Waals surface area contributed by atoms with E-state index in [2.05, 4.69) is 20.8 Å². The molecule has 1 aromatic rings. The summed E-state index contributed by atoms with van der Waals surface area (Å²) in [5, 5.41) is 1.37. The maximum absolute atomic E-state index is 6.31. The van der Waals surface area contributed by atoms with Gasteiger partial charge in [0.25, 0.3) is 0 Å². The zero-order valence-corrected chi connectivity index (χ0v) is 13.6. The second kappa shape index (κ2) is 6.94. The summed E-state index contributed by atoms with van der Waals surface area (Å²) in [5.74, 6) is 0. The van der Waals surface area contributed by atoms with Crippen LogP contribution in [0.5, 0.6) is 0 Å². The van der Waals surface area contributed by atoms with Gasteiger partial charge in [-0.2, -0.15) is 0 Å². The van der Waals surface area contributed by atoms with Crippen molar-refractivity contribution in [3.63, 3.8) is 0 Å². The van der Waals surface area contributed by atoms with Crippen LogP contribution in [0, 0.1) is 5.41 Å². The van der Waals surface area contributed by atoms with Crippen LogP contribution in [0.4, 0.5) is 0 Å². The molecule has 108 valence electrons. The van der Waals surface area contributed by atoms with E-state index in [9.17, 15) is 0 Å². The monoisotopic (exact) mass is 303 g/mol. The van der Waals surface area contributed by atoms with Crippen molar-refractivity contribution in [3.8, 4) is 0 Å².